The molecule has 1 N–H and O–H groups in total. The van der Waals surface area contributed by atoms with Gasteiger partial charge in [-0.1, -0.05) is 35.3 Å². The van der Waals surface area contributed by atoms with Crippen molar-refractivity contribution in [2.45, 2.75) is 38.6 Å². The third kappa shape index (κ3) is 4.38. The molecule has 0 aliphatic rings. The molecule has 4 nitrogen and oxygen atoms in total. The smallest absolute Gasteiger partial charge is 0.270 e. The van der Waals surface area contributed by atoms with Crippen molar-refractivity contribution in [3.05, 3.63) is 38.3 Å². The van der Waals surface area contributed by atoms with Crippen LogP contribution in [0.5, 0.6) is 0 Å². The average molecular weight is 315 g/mol. The predicted octanol–water partition coefficient (Wildman–Crippen LogP) is 3.68. The van der Waals surface area contributed by atoms with Crippen LogP contribution in [0.1, 0.15) is 31.7 Å². The molecular formula is C13H19BrN2O2. The van der Waals surface area contributed by atoms with E-state index in [4.69, 9.17) is 0 Å². The third-order valence-corrected chi connectivity index (χ3v) is 3.79. The molecule has 0 radical (unpaired) electrons. The van der Waals surface area contributed by atoms with Crippen LogP contribution in [0.15, 0.2) is 22.7 Å². The lowest BCUT2D eigenvalue weighted by molar-refractivity contribution is -0.384. The molecule has 0 aliphatic carbocycles. The fourth-order valence-corrected chi connectivity index (χ4v) is 2.53. The molecule has 0 spiro atoms. The van der Waals surface area contributed by atoms with E-state index >= 15 is 0 Å². The number of rotatable bonds is 7. The van der Waals surface area contributed by atoms with Gasteiger partial charge in [-0.2, -0.15) is 0 Å². The van der Waals surface area contributed by atoms with E-state index in [1.807, 2.05) is 13.1 Å². The number of non-ortho nitro benzene ring substituents is 1. The normalized spacial score (nSPS) is 12.4. The molecule has 0 saturated heterocycles. The van der Waals surface area contributed by atoms with Gasteiger partial charge in [0.2, 0.25) is 0 Å². The van der Waals surface area contributed by atoms with Gasteiger partial charge in [-0.05, 0) is 31.9 Å². The number of nitro benzene ring substituents is 1. The van der Waals surface area contributed by atoms with Gasteiger partial charge in [-0.15, -0.1) is 0 Å². The molecule has 5 heteroatoms. The first-order valence-electron chi connectivity index (χ1n) is 6.18. The number of aryl methyl sites for hydroxylation is 1. The molecule has 1 atom stereocenters. The van der Waals surface area contributed by atoms with E-state index in [0.717, 1.165) is 35.7 Å². The summed E-state index contributed by atoms with van der Waals surface area (Å²) < 4.78 is 0.822. The van der Waals surface area contributed by atoms with E-state index in [1.165, 1.54) is 0 Å². The lowest BCUT2D eigenvalue weighted by Crippen LogP contribution is -2.25. The molecule has 0 aliphatic heterocycles. The quantitative estimate of drug-likeness (QED) is 0.617. The fourth-order valence-electron chi connectivity index (χ4n) is 1.96. The highest BCUT2D eigenvalue weighted by molar-refractivity contribution is 9.10. The molecule has 1 aromatic carbocycles. The van der Waals surface area contributed by atoms with Gasteiger partial charge in [0.1, 0.15) is 0 Å². The van der Waals surface area contributed by atoms with E-state index in [0.29, 0.717) is 6.04 Å². The Bertz CT molecular complexity index is 410. The van der Waals surface area contributed by atoms with E-state index < -0.39 is 0 Å². The van der Waals surface area contributed by atoms with Gasteiger partial charge in [0.15, 0.2) is 0 Å². The standard InChI is InChI=1S/C13H19BrN2O2/c1-3-4-11(15-2)7-5-10-6-8-12(16(17)18)9-13(10)14/h6,8-9,11,15H,3-5,7H2,1-2H3. The van der Waals surface area contributed by atoms with Gasteiger partial charge < -0.3 is 5.32 Å². The third-order valence-electron chi connectivity index (χ3n) is 3.05. The second kappa shape index (κ2) is 7.48. The Morgan fingerprint density at radius 2 is 2.17 bits per heavy atom. The van der Waals surface area contributed by atoms with Crippen molar-refractivity contribution in [3.8, 4) is 0 Å². The molecule has 1 unspecified atom stereocenters. The van der Waals surface area contributed by atoms with Gasteiger partial charge in [0, 0.05) is 22.6 Å². The minimum Gasteiger partial charge on any atom is -0.317 e. The number of nitrogens with zero attached hydrogens (tertiary/aromatic N) is 1. The molecule has 0 heterocycles. The van der Waals surface area contributed by atoms with Crippen molar-refractivity contribution in [1.29, 1.82) is 0 Å². The van der Waals surface area contributed by atoms with E-state index in [9.17, 15) is 10.1 Å². The summed E-state index contributed by atoms with van der Waals surface area (Å²) in [6.45, 7) is 2.17. The molecule has 18 heavy (non-hydrogen) atoms. The maximum Gasteiger partial charge on any atom is 0.270 e. The van der Waals surface area contributed by atoms with Crippen LogP contribution in [0.4, 0.5) is 5.69 Å². The maximum atomic E-state index is 10.6. The molecule has 0 bridgehead atoms. The summed E-state index contributed by atoms with van der Waals surface area (Å²) in [6.07, 6.45) is 4.28. The van der Waals surface area contributed by atoms with Crippen molar-refractivity contribution in [2.75, 3.05) is 7.05 Å². The Morgan fingerprint density at radius 1 is 1.44 bits per heavy atom. The van der Waals surface area contributed by atoms with Crippen LogP contribution in [-0.2, 0) is 6.42 Å². The Morgan fingerprint density at radius 3 is 2.67 bits per heavy atom. The molecule has 0 amide bonds. The zero-order chi connectivity index (χ0) is 13.5. The number of hydrogen-bond donors (Lipinski definition) is 1. The number of nitro groups is 1. The summed E-state index contributed by atoms with van der Waals surface area (Å²) in [5.74, 6) is 0. The monoisotopic (exact) mass is 314 g/mol. The molecule has 0 aromatic heterocycles. The van der Waals surface area contributed by atoms with Crippen LogP contribution in [0.2, 0.25) is 0 Å². The van der Waals surface area contributed by atoms with Crippen molar-refractivity contribution in [1.82, 2.24) is 5.32 Å². The SMILES string of the molecule is CCCC(CCc1ccc([N+](=O)[O-])cc1Br)NC. The molecular weight excluding hydrogens is 296 g/mol. The van der Waals surface area contributed by atoms with Crippen molar-refractivity contribution in [3.63, 3.8) is 0 Å². The Kier molecular flexibility index (Phi) is 6.29. The Balaban J connectivity index is 2.65. The van der Waals surface area contributed by atoms with Crippen LogP contribution in [0.3, 0.4) is 0 Å². The highest BCUT2D eigenvalue weighted by Gasteiger charge is 2.11. The van der Waals surface area contributed by atoms with Crippen LogP contribution in [-0.4, -0.2) is 18.0 Å². The first-order chi connectivity index (χ1) is 8.58. The van der Waals surface area contributed by atoms with E-state index in [-0.39, 0.29) is 10.6 Å². The summed E-state index contributed by atoms with van der Waals surface area (Å²) in [7, 11) is 1.98. The highest BCUT2D eigenvalue weighted by Crippen LogP contribution is 2.24. The van der Waals surface area contributed by atoms with E-state index in [1.54, 1.807) is 12.1 Å². The molecule has 0 fully saturated rings. The predicted molar refractivity (Wildman–Crippen MR) is 76.9 cm³/mol. The first-order valence-corrected chi connectivity index (χ1v) is 6.97. The van der Waals surface area contributed by atoms with Crippen molar-refractivity contribution < 1.29 is 4.92 Å². The zero-order valence-electron chi connectivity index (χ0n) is 10.8. The van der Waals surface area contributed by atoms with Crippen LogP contribution >= 0.6 is 15.9 Å². The van der Waals surface area contributed by atoms with Crippen LogP contribution in [0, 0.1) is 10.1 Å². The summed E-state index contributed by atoms with van der Waals surface area (Å²) in [5, 5.41) is 13.9. The molecule has 1 aromatic rings. The van der Waals surface area contributed by atoms with E-state index in [2.05, 4.69) is 28.2 Å². The summed E-state index contributed by atoms with van der Waals surface area (Å²) in [4.78, 5) is 10.3. The summed E-state index contributed by atoms with van der Waals surface area (Å²) in [6, 6.07) is 5.48. The first kappa shape index (κ1) is 15.1. The number of nitrogens with one attached hydrogen (secondary N) is 1. The van der Waals surface area contributed by atoms with Crippen LogP contribution in [0.25, 0.3) is 0 Å². The Hall–Kier alpha value is -0.940. The Labute approximate surface area is 116 Å². The second-order valence-electron chi connectivity index (χ2n) is 4.35. The second-order valence-corrected chi connectivity index (χ2v) is 5.20. The minimum absolute atomic E-state index is 0.129. The van der Waals surface area contributed by atoms with Gasteiger partial charge in [0.25, 0.3) is 5.69 Å². The van der Waals surface area contributed by atoms with Gasteiger partial charge >= 0.3 is 0 Å². The zero-order valence-corrected chi connectivity index (χ0v) is 12.4. The number of benzene rings is 1. The number of halogens is 1. The highest BCUT2D eigenvalue weighted by atomic mass is 79.9. The number of hydrogen-bond acceptors (Lipinski definition) is 3. The average Bonchev–Trinajstić information content (AvgIpc) is 2.35. The van der Waals surface area contributed by atoms with Gasteiger partial charge in [0.05, 0.1) is 4.92 Å². The summed E-state index contributed by atoms with van der Waals surface area (Å²) >= 11 is 3.40. The van der Waals surface area contributed by atoms with Gasteiger partial charge in [-0.25, -0.2) is 0 Å². The van der Waals surface area contributed by atoms with Gasteiger partial charge in [-0.3, -0.25) is 10.1 Å². The lowest BCUT2D eigenvalue weighted by atomic mass is 10.0. The fraction of sp³-hybridized carbons (Fsp3) is 0.538. The molecule has 1 rings (SSSR count). The minimum atomic E-state index is -0.373. The van der Waals surface area contributed by atoms with Crippen molar-refractivity contribution in [2.24, 2.45) is 0 Å². The topological polar surface area (TPSA) is 55.2 Å². The van der Waals surface area contributed by atoms with Crippen LogP contribution < -0.4 is 5.32 Å². The molecule has 100 valence electrons. The summed E-state index contributed by atoms with van der Waals surface area (Å²) in [5.41, 5.74) is 1.25. The maximum absolute atomic E-state index is 10.6. The van der Waals surface area contributed by atoms with Crippen molar-refractivity contribution >= 4 is 21.6 Å². The molecule has 0 saturated carbocycles. The lowest BCUT2D eigenvalue weighted by Gasteiger charge is -2.15. The largest absolute Gasteiger partial charge is 0.317 e.